The topological polar surface area (TPSA) is 94.8 Å². The number of unbranched alkanes of at least 4 members (excludes halogenated alkanes) is 3. The van der Waals surface area contributed by atoms with E-state index in [1.165, 1.54) is 26.2 Å². The molecular formula is C15H21FO5. The number of rotatable bonds is 6. The molecule has 0 spiro atoms. The zero-order valence-electron chi connectivity index (χ0n) is 12.2. The van der Waals surface area contributed by atoms with E-state index in [2.05, 4.69) is 6.92 Å². The number of carbonyl (C=O) groups is 2. The third kappa shape index (κ3) is 6.85. The van der Waals surface area contributed by atoms with E-state index in [1.807, 2.05) is 0 Å². The van der Waals surface area contributed by atoms with Crippen molar-refractivity contribution in [1.29, 1.82) is 0 Å². The predicted octanol–water partition coefficient (Wildman–Crippen LogP) is 3.09. The van der Waals surface area contributed by atoms with Gasteiger partial charge in [0, 0.05) is 6.61 Å². The first kappa shape index (κ1) is 19.1. The van der Waals surface area contributed by atoms with Gasteiger partial charge in [0.2, 0.25) is 0 Å². The Labute approximate surface area is 123 Å². The highest BCUT2D eigenvalue weighted by Crippen LogP contribution is 2.16. The summed E-state index contributed by atoms with van der Waals surface area (Å²) in [7, 11) is 0. The van der Waals surface area contributed by atoms with Crippen LogP contribution in [0.4, 0.5) is 4.39 Å². The van der Waals surface area contributed by atoms with E-state index in [-0.39, 0.29) is 0 Å². The summed E-state index contributed by atoms with van der Waals surface area (Å²) < 4.78 is 13.2. The molecule has 21 heavy (non-hydrogen) atoms. The molecule has 1 aromatic carbocycles. The molecule has 1 aromatic rings. The second-order valence-electron chi connectivity index (χ2n) is 4.57. The second kappa shape index (κ2) is 9.88. The molecule has 3 N–H and O–H groups in total. The Hall–Kier alpha value is -1.95. The summed E-state index contributed by atoms with van der Waals surface area (Å²) in [6.45, 7) is 4.02. The molecular weight excluding hydrogens is 279 g/mol. The summed E-state index contributed by atoms with van der Waals surface area (Å²) >= 11 is 0. The van der Waals surface area contributed by atoms with Crippen LogP contribution in [0, 0.1) is 12.7 Å². The fourth-order valence-electron chi connectivity index (χ4n) is 1.62. The maximum absolute atomic E-state index is 13.2. The zero-order chi connectivity index (χ0) is 16.4. The number of aliphatic hydroxyl groups excluding tert-OH is 1. The number of halogens is 1. The number of hydrogen-bond donors (Lipinski definition) is 3. The molecule has 0 radical (unpaired) electrons. The van der Waals surface area contributed by atoms with Crippen molar-refractivity contribution >= 4 is 11.9 Å². The monoisotopic (exact) mass is 300 g/mol. The number of aromatic carboxylic acids is 2. The summed E-state index contributed by atoms with van der Waals surface area (Å²) in [4.78, 5) is 21.0. The van der Waals surface area contributed by atoms with Crippen molar-refractivity contribution in [2.45, 2.75) is 39.5 Å². The van der Waals surface area contributed by atoms with Crippen molar-refractivity contribution in [1.82, 2.24) is 0 Å². The van der Waals surface area contributed by atoms with Crippen molar-refractivity contribution in [3.63, 3.8) is 0 Å². The number of carboxylic acid groups (broad SMARTS) is 2. The van der Waals surface area contributed by atoms with Crippen LogP contribution >= 0.6 is 0 Å². The van der Waals surface area contributed by atoms with Gasteiger partial charge in [-0.15, -0.1) is 0 Å². The molecule has 0 fully saturated rings. The smallest absolute Gasteiger partial charge is 0.338 e. The largest absolute Gasteiger partial charge is 0.478 e. The van der Waals surface area contributed by atoms with Crippen LogP contribution in [0.25, 0.3) is 0 Å². The molecule has 0 heterocycles. The van der Waals surface area contributed by atoms with Gasteiger partial charge in [-0.3, -0.25) is 0 Å². The molecule has 0 unspecified atom stereocenters. The summed E-state index contributed by atoms with van der Waals surface area (Å²) in [5.41, 5.74) is -0.856. The van der Waals surface area contributed by atoms with Gasteiger partial charge in [-0.25, -0.2) is 14.0 Å². The van der Waals surface area contributed by atoms with Crippen LogP contribution < -0.4 is 0 Å². The molecule has 0 aliphatic carbocycles. The lowest BCUT2D eigenvalue weighted by Gasteiger charge is -2.03. The highest BCUT2D eigenvalue weighted by molar-refractivity contribution is 5.94. The van der Waals surface area contributed by atoms with Gasteiger partial charge in [-0.05, 0) is 31.0 Å². The lowest BCUT2D eigenvalue weighted by molar-refractivity contribution is 0.0687. The fourth-order valence-corrected chi connectivity index (χ4v) is 1.62. The van der Waals surface area contributed by atoms with Crippen LogP contribution in [0.15, 0.2) is 12.1 Å². The van der Waals surface area contributed by atoms with Gasteiger partial charge in [0.1, 0.15) is 0 Å². The molecule has 0 saturated heterocycles. The highest BCUT2D eigenvalue weighted by Gasteiger charge is 2.19. The molecule has 0 amide bonds. The normalized spacial score (nSPS) is 9.71. The first-order chi connectivity index (χ1) is 9.84. The van der Waals surface area contributed by atoms with Crippen LogP contribution in [-0.2, 0) is 0 Å². The Morgan fingerprint density at radius 1 is 1.05 bits per heavy atom. The molecule has 0 saturated carbocycles. The van der Waals surface area contributed by atoms with Gasteiger partial charge >= 0.3 is 11.9 Å². The van der Waals surface area contributed by atoms with Crippen molar-refractivity contribution in [3.05, 3.63) is 34.6 Å². The maximum Gasteiger partial charge on any atom is 0.338 e. The molecule has 6 heteroatoms. The van der Waals surface area contributed by atoms with Gasteiger partial charge in [-0.2, -0.15) is 0 Å². The Morgan fingerprint density at radius 2 is 1.52 bits per heavy atom. The first-order valence-corrected chi connectivity index (χ1v) is 6.72. The van der Waals surface area contributed by atoms with Crippen LogP contribution in [0.1, 0.15) is 58.9 Å². The summed E-state index contributed by atoms with van der Waals surface area (Å²) in [6, 6.07) is 2.17. The zero-order valence-corrected chi connectivity index (χ0v) is 12.2. The average Bonchev–Trinajstić information content (AvgIpc) is 2.42. The Bertz CT molecular complexity index is 446. The SMILES string of the molecule is CCCCCCO.Cc1cc(C(=O)O)c(F)c(C(=O)O)c1. The van der Waals surface area contributed by atoms with E-state index in [4.69, 9.17) is 15.3 Å². The van der Waals surface area contributed by atoms with Crippen LogP contribution in [0.5, 0.6) is 0 Å². The molecule has 0 aliphatic heterocycles. The van der Waals surface area contributed by atoms with E-state index in [9.17, 15) is 14.0 Å². The third-order valence-corrected chi connectivity index (χ3v) is 2.69. The Kier molecular flexibility index (Phi) is 8.96. The standard InChI is InChI=1S/C9H7FO4.C6H14O/c1-4-2-5(8(11)12)7(10)6(3-4)9(13)14;1-2-3-4-5-6-7/h2-3H,1H3,(H,11,12)(H,13,14);7H,2-6H2,1H3. The minimum Gasteiger partial charge on any atom is -0.478 e. The predicted molar refractivity (Wildman–Crippen MR) is 76.3 cm³/mol. The minimum atomic E-state index is -1.48. The van der Waals surface area contributed by atoms with E-state index in [0.29, 0.717) is 12.2 Å². The number of aliphatic hydroxyl groups is 1. The highest BCUT2D eigenvalue weighted by atomic mass is 19.1. The van der Waals surface area contributed by atoms with E-state index < -0.39 is 28.9 Å². The molecule has 1 rings (SSSR count). The number of benzene rings is 1. The van der Waals surface area contributed by atoms with Gasteiger partial charge in [-0.1, -0.05) is 26.2 Å². The molecule has 5 nitrogen and oxygen atoms in total. The minimum absolute atomic E-state index is 0.361. The number of hydrogen-bond acceptors (Lipinski definition) is 3. The summed E-state index contributed by atoms with van der Waals surface area (Å²) in [5.74, 6) is -4.17. The van der Waals surface area contributed by atoms with Gasteiger partial charge in [0.05, 0.1) is 11.1 Å². The molecule has 0 atom stereocenters. The van der Waals surface area contributed by atoms with Crippen molar-refractivity contribution in [2.75, 3.05) is 6.61 Å². The lowest BCUT2D eigenvalue weighted by atomic mass is 10.1. The molecule has 0 aromatic heterocycles. The van der Waals surface area contributed by atoms with Crippen LogP contribution in [-0.4, -0.2) is 33.9 Å². The Balaban J connectivity index is 0.000000486. The van der Waals surface area contributed by atoms with Gasteiger partial charge in [0.15, 0.2) is 5.82 Å². The van der Waals surface area contributed by atoms with Crippen molar-refractivity contribution in [3.8, 4) is 0 Å². The van der Waals surface area contributed by atoms with Crippen molar-refractivity contribution in [2.24, 2.45) is 0 Å². The van der Waals surface area contributed by atoms with Gasteiger partial charge in [0.25, 0.3) is 0 Å². The van der Waals surface area contributed by atoms with Crippen molar-refractivity contribution < 1.29 is 29.3 Å². The maximum atomic E-state index is 13.2. The average molecular weight is 300 g/mol. The summed E-state index contributed by atoms with van der Waals surface area (Å²) in [5, 5.41) is 25.4. The van der Waals surface area contributed by atoms with Crippen LogP contribution in [0.2, 0.25) is 0 Å². The number of carboxylic acids is 2. The first-order valence-electron chi connectivity index (χ1n) is 6.72. The summed E-state index contributed by atoms with van der Waals surface area (Å²) in [6.07, 6.45) is 4.68. The second-order valence-corrected chi connectivity index (χ2v) is 4.57. The third-order valence-electron chi connectivity index (χ3n) is 2.69. The number of aryl methyl sites for hydroxylation is 1. The fraction of sp³-hybridized carbons (Fsp3) is 0.467. The molecule has 0 bridgehead atoms. The Morgan fingerprint density at radius 3 is 1.86 bits per heavy atom. The van der Waals surface area contributed by atoms with Gasteiger partial charge < -0.3 is 15.3 Å². The van der Waals surface area contributed by atoms with E-state index >= 15 is 0 Å². The lowest BCUT2D eigenvalue weighted by Crippen LogP contribution is -2.08. The van der Waals surface area contributed by atoms with E-state index in [0.717, 1.165) is 18.6 Å². The van der Waals surface area contributed by atoms with E-state index in [1.54, 1.807) is 0 Å². The van der Waals surface area contributed by atoms with Crippen LogP contribution in [0.3, 0.4) is 0 Å². The molecule has 118 valence electrons. The molecule has 0 aliphatic rings. The quantitative estimate of drug-likeness (QED) is 0.702.